The summed E-state index contributed by atoms with van der Waals surface area (Å²) in [6, 6.07) is 27.9. The van der Waals surface area contributed by atoms with Gasteiger partial charge >= 0.3 is 5.97 Å². The van der Waals surface area contributed by atoms with Gasteiger partial charge in [0.15, 0.2) is 0 Å². The highest BCUT2D eigenvalue weighted by Crippen LogP contribution is 2.36. The van der Waals surface area contributed by atoms with E-state index in [0.717, 1.165) is 15.9 Å². The Morgan fingerprint density at radius 2 is 1.42 bits per heavy atom. The van der Waals surface area contributed by atoms with Gasteiger partial charge in [-0.3, -0.25) is 0 Å². The SMILES string of the molecule is CC(C)(C)[Si](OCC=C(C=Cc1ccc(N)cc1)C(=O)O)(c1ccccc1)c1ccccc1. The molecule has 0 aliphatic carbocycles. The van der Waals surface area contributed by atoms with Crippen LogP contribution in [0.1, 0.15) is 26.3 Å². The number of hydrogen-bond acceptors (Lipinski definition) is 3. The van der Waals surface area contributed by atoms with Crippen LogP contribution in [0.3, 0.4) is 0 Å². The third kappa shape index (κ3) is 5.69. The van der Waals surface area contributed by atoms with Crippen molar-refractivity contribution in [1.82, 2.24) is 0 Å². The Bertz CT molecular complexity index is 1080. The summed E-state index contributed by atoms with van der Waals surface area (Å²) in [5.41, 5.74) is 7.46. The van der Waals surface area contributed by atoms with E-state index >= 15 is 0 Å². The van der Waals surface area contributed by atoms with Gasteiger partial charge in [-0.1, -0.05) is 99.6 Å². The lowest BCUT2D eigenvalue weighted by Gasteiger charge is -2.42. The summed E-state index contributed by atoms with van der Waals surface area (Å²) in [5, 5.41) is 11.9. The summed E-state index contributed by atoms with van der Waals surface area (Å²) < 4.78 is 6.76. The second-order valence-electron chi connectivity index (χ2n) is 8.94. The number of anilines is 1. The molecule has 0 aliphatic rings. The van der Waals surface area contributed by atoms with E-state index in [1.807, 2.05) is 48.5 Å². The molecule has 4 nitrogen and oxygen atoms in total. The van der Waals surface area contributed by atoms with Gasteiger partial charge in [0.25, 0.3) is 8.32 Å². The van der Waals surface area contributed by atoms with Crippen LogP contribution in [0, 0.1) is 0 Å². The number of carboxylic acids is 1. The van der Waals surface area contributed by atoms with Crippen LogP contribution in [0.15, 0.2) is 103 Å². The summed E-state index contributed by atoms with van der Waals surface area (Å²) >= 11 is 0. The number of rotatable bonds is 8. The average molecular weight is 458 g/mol. The van der Waals surface area contributed by atoms with E-state index in [4.69, 9.17) is 10.2 Å². The van der Waals surface area contributed by atoms with Gasteiger partial charge in [-0.25, -0.2) is 4.79 Å². The maximum atomic E-state index is 11.9. The lowest BCUT2D eigenvalue weighted by molar-refractivity contribution is -0.132. The van der Waals surface area contributed by atoms with Gasteiger partial charge in [-0.05, 0) is 45.3 Å². The molecule has 3 aromatic rings. The summed E-state index contributed by atoms with van der Waals surface area (Å²) in [5.74, 6) is -0.993. The fourth-order valence-electron chi connectivity index (χ4n) is 4.04. The number of carboxylic acid groups (broad SMARTS) is 1. The zero-order chi connectivity index (χ0) is 23.9. The van der Waals surface area contributed by atoms with Crippen LogP contribution in [0.5, 0.6) is 0 Å². The number of benzene rings is 3. The van der Waals surface area contributed by atoms with Gasteiger partial charge < -0.3 is 15.3 Å². The Morgan fingerprint density at radius 3 is 1.88 bits per heavy atom. The molecule has 3 N–H and O–H groups in total. The molecule has 0 radical (unpaired) electrons. The first-order valence-electron chi connectivity index (χ1n) is 11.0. The molecule has 0 saturated heterocycles. The molecule has 0 heterocycles. The van der Waals surface area contributed by atoms with Gasteiger partial charge in [0, 0.05) is 5.69 Å². The molecule has 3 aromatic carbocycles. The number of nitrogens with two attached hydrogens (primary N) is 1. The number of aliphatic carboxylic acids is 1. The molecular weight excluding hydrogens is 426 g/mol. The summed E-state index contributed by atoms with van der Waals surface area (Å²) in [6.07, 6.45) is 5.01. The summed E-state index contributed by atoms with van der Waals surface area (Å²) in [6.45, 7) is 6.78. The zero-order valence-corrected chi connectivity index (χ0v) is 20.4. The number of hydrogen-bond donors (Lipinski definition) is 2. The molecule has 5 heteroatoms. The van der Waals surface area contributed by atoms with Crippen LogP contribution in [0.2, 0.25) is 5.04 Å². The Labute approximate surface area is 197 Å². The van der Waals surface area contributed by atoms with E-state index in [0.29, 0.717) is 5.69 Å². The molecule has 33 heavy (non-hydrogen) atoms. The topological polar surface area (TPSA) is 72.5 Å². The minimum atomic E-state index is -2.72. The highest BCUT2D eigenvalue weighted by atomic mass is 28.4. The molecule has 0 amide bonds. The monoisotopic (exact) mass is 457 g/mol. The van der Waals surface area contributed by atoms with Gasteiger partial charge in [-0.15, -0.1) is 0 Å². The first kappa shape index (κ1) is 24.2. The fourth-order valence-corrected chi connectivity index (χ4v) is 8.53. The molecule has 0 aliphatic heterocycles. The molecule has 0 bridgehead atoms. The summed E-state index contributed by atoms with van der Waals surface area (Å²) in [4.78, 5) is 11.9. The van der Waals surface area contributed by atoms with E-state index in [-0.39, 0.29) is 17.2 Å². The predicted octanol–water partition coefficient (Wildman–Crippen LogP) is 4.87. The van der Waals surface area contributed by atoms with Crippen LogP contribution >= 0.6 is 0 Å². The summed E-state index contributed by atoms with van der Waals surface area (Å²) in [7, 11) is -2.72. The van der Waals surface area contributed by atoms with E-state index in [2.05, 4.69) is 45.0 Å². The maximum absolute atomic E-state index is 11.9. The molecule has 0 spiro atoms. The molecule has 3 rings (SSSR count). The van der Waals surface area contributed by atoms with E-state index in [1.165, 1.54) is 0 Å². The van der Waals surface area contributed by atoms with Gasteiger partial charge in [0.1, 0.15) is 0 Å². The van der Waals surface area contributed by atoms with Crippen molar-refractivity contribution < 1.29 is 14.3 Å². The molecular formula is C28H31NO3Si. The Hall–Kier alpha value is -3.41. The highest BCUT2D eigenvalue weighted by molar-refractivity contribution is 6.99. The highest BCUT2D eigenvalue weighted by Gasteiger charge is 2.49. The van der Waals surface area contributed by atoms with Crippen molar-refractivity contribution in [2.45, 2.75) is 25.8 Å². The predicted molar refractivity (Wildman–Crippen MR) is 139 cm³/mol. The first-order valence-corrected chi connectivity index (χ1v) is 12.9. The van der Waals surface area contributed by atoms with Crippen molar-refractivity contribution >= 4 is 36.4 Å². The average Bonchev–Trinajstić information content (AvgIpc) is 2.80. The third-order valence-corrected chi connectivity index (χ3v) is 10.7. The molecule has 0 aromatic heterocycles. The second-order valence-corrected chi connectivity index (χ2v) is 13.2. The van der Waals surface area contributed by atoms with Crippen molar-refractivity contribution in [1.29, 1.82) is 0 Å². The second kappa shape index (κ2) is 10.5. The Kier molecular flexibility index (Phi) is 7.69. The van der Waals surface area contributed by atoms with Gasteiger partial charge in [0.2, 0.25) is 0 Å². The minimum Gasteiger partial charge on any atom is -0.478 e. The Balaban J connectivity index is 1.96. The van der Waals surface area contributed by atoms with Gasteiger partial charge in [-0.2, -0.15) is 0 Å². The van der Waals surface area contributed by atoms with Crippen LogP contribution < -0.4 is 16.1 Å². The maximum Gasteiger partial charge on any atom is 0.335 e. The molecule has 0 saturated carbocycles. The largest absolute Gasteiger partial charge is 0.478 e. The minimum absolute atomic E-state index is 0.174. The molecule has 0 fully saturated rings. The van der Waals surface area contributed by atoms with Crippen LogP contribution in [0.25, 0.3) is 6.08 Å². The van der Waals surface area contributed by atoms with Crippen molar-refractivity contribution in [3.63, 3.8) is 0 Å². The van der Waals surface area contributed by atoms with Crippen molar-refractivity contribution in [2.75, 3.05) is 12.3 Å². The molecule has 170 valence electrons. The zero-order valence-electron chi connectivity index (χ0n) is 19.4. The first-order chi connectivity index (χ1) is 15.7. The van der Waals surface area contributed by atoms with Crippen molar-refractivity contribution in [3.05, 3.63) is 108 Å². The van der Waals surface area contributed by atoms with Gasteiger partial charge in [0.05, 0.1) is 12.2 Å². The quantitative estimate of drug-likeness (QED) is 0.219. The van der Waals surface area contributed by atoms with Crippen molar-refractivity contribution in [3.8, 4) is 0 Å². The molecule has 0 unspecified atom stereocenters. The van der Waals surface area contributed by atoms with E-state index < -0.39 is 14.3 Å². The van der Waals surface area contributed by atoms with Crippen LogP contribution in [-0.2, 0) is 9.22 Å². The normalized spacial score (nSPS) is 12.8. The van der Waals surface area contributed by atoms with Crippen molar-refractivity contribution in [2.24, 2.45) is 0 Å². The van der Waals surface area contributed by atoms with Crippen LogP contribution in [0.4, 0.5) is 5.69 Å². The van der Waals surface area contributed by atoms with E-state index in [9.17, 15) is 9.90 Å². The number of carbonyl (C=O) groups is 1. The van der Waals surface area contributed by atoms with E-state index in [1.54, 1.807) is 30.4 Å². The third-order valence-electron chi connectivity index (χ3n) is 5.66. The van der Waals surface area contributed by atoms with Crippen LogP contribution in [-0.4, -0.2) is 26.0 Å². The lowest BCUT2D eigenvalue weighted by atomic mass is 10.1. The standard InChI is InChI=1S/C28H31NO3Si/c1-28(2,3)33(25-10-6-4-7-11-25,26-12-8-5-9-13-26)32-21-20-23(27(30)31)17-14-22-15-18-24(29)19-16-22/h4-20H,21,29H2,1-3H3,(H,30,31). The lowest BCUT2D eigenvalue weighted by Crippen LogP contribution is -2.66. The molecule has 0 atom stereocenters. The number of nitrogen functional groups attached to an aromatic ring is 1. The Morgan fingerprint density at radius 1 is 0.909 bits per heavy atom. The fraction of sp³-hybridized carbons (Fsp3) is 0.179. The smallest absolute Gasteiger partial charge is 0.335 e.